The molecule has 0 saturated heterocycles. The standard InChI is InChI=1S/C19H19N3O2S/c1-13-16-8-3-4-9-17(16)25-18(13)12-21-22-19(23)20-11-14-6-5-7-15(10-14)24-2/h3-10,12H,11H2,1-2H3,(H2,20,22,23)/b21-12+. The highest BCUT2D eigenvalue weighted by molar-refractivity contribution is 7.20. The summed E-state index contributed by atoms with van der Waals surface area (Å²) in [7, 11) is 1.62. The number of aryl methyl sites for hydroxylation is 1. The average Bonchev–Trinajstić information content (AvgIpc) is 2.96. The zero-order chi connectivity index (χ0) is 17.6. The second-order valence-corrected chi connectivity index (χ2v) is 6.58. The van der Waals surface area contributed by atoms with E-state index in [1.165, 1.54) is 15.6 Å². The number of hydrazone groups is 1. The van der Waals surface area contributed by atoms with Crippen molar-refractivity contribution in [2.24, 2.45) is 5.10 Å². The van der Waals surface area contributed by atoms with E-state index in [1.54, 1.807) is 24.7 Å². The van der Waals surface area contributed by atoms with E-state index in [9.17, 15) is 4.79 Å². The maximum atomic E-state index is 11.9. The first-order valence-electron chi connectivity index (χ1n) is 7.85. The Morgan fingerprint density at radius 3 is 2.88 bits per heavy atom. The van der Waals surface area contributed by atoms with Crippen molar-refractivity contribution < 1.29 is 9.53 Å². The van der Waals surface area contributed by atoms with Crippen molar-refractivity contribution in [3.8, 4) is 5.75 Å². The monoisotopic (exact) mass is 353 g/mol. The van der Waals surface area contributed by atoms with E-state index in [-0.39, 0.29) is 6.03 Å². The highest BCUT2D eigenvalue weighted by atomic mass is 32.1. The van der Waals surface area contributed by atoms with Gasteiger partial charge in [0, 0.05) is 11.2 Å². The molecule has 1 heterocycles. The molecule has 2 aromatic carbocycles. The molecule has 0 aliphatic rings. The lowest BCUT2D eigenvalue weighted by molar-refractivity contribution is 0.241. The Morgan fingerprint density at radius 2 is 2.08 bits per heavy atom. The molecule has 5 nitrogen and oxygen atoms in total. The predicted molar refractivity (Wildman–Crippen MR) is 103 cm³/mol. The maximum absolute atomic E-state index is 11.9. The van der Waals surface area contributed by atoms with Gasteiger partial charge in [-0.2, -0.15) is 5.10 Å². The highest BCUT2D eigenvalue weighted by Crippen LogP contribution is 2.29. The van der Waals surface area contributed by atoms with Crippen LogP contribution >= 0.6 is 11.3 Å². The molecule has 0 saturated carbocycles. The topological polar surface area (TPSA) is 62.7 Å². The van der Waals surface area contributed by atoms with E-state index >= 15 is 0 Å². The summed E-state index contributed by atoms with van der Waals surface area (Å²) in [4.78, 5) is 12.9. The van der Waals surface area contributed by atoms with Crippen LogP contribution in [0.5, 0.6) is 5.75 Å². The van der Waals surface area contributed by atoms with Crippen LogP contribution in [0.2, 0.25) is 0 Å². The summed E-state index contributed by atoms with van der Waals surface area (Å²) in [5.74, 6) is 0.762. The molecule has 0 bridgehead atoms. The third-order valence-electron chi connectivity index (χ3n) is 3.82. The van der Waals surface area contributed by atoms with Crippen LogP contribution in [-0.2, 0) is 6.54 Å². The highest BCUT2D eigenvalue weighted by Gasteiger charge is 2.06. The fourth-order valence-electron chi connectivity index (χ4n) is 2.47. The first-order chi connectivity index (χ1) is 12.2. The lowest BCUT2D eigenvalue weighted by Gasteiger charge is -2.06. The Labute approximate surface area is 150 Å². The molecule has 6 heteroatoms. The number of methoxy groups -OCH3 is 1. The minimum atomic E-state index is -0.349. The Balaban J connectivity index is 1.56. The molecule has 25 heavy (non-hydrogen) atoms. The van der Waals surface area contributed by atoms with Crippen molar-refractivity contribution >= 4 is 33.7 Å². The number of rotatable bonds is 5. The Bertz CT molecular complexity index is 918. The molecule has 0 fully saturated rings. The van der Waals surface area contributed by atoms with Crippen LogP contribution in [0.1, 0.15) is 16.0 Å². The molecule has 3 aromatic rings. The van der Waals surface area contributed by atoms with Gasteiger partial charge in [0.15, 0.2) is 0 Å². The van der Waals surface area contributed by atoms with Crippen LogP contribution in [-0.4, -0.2) is 19.4 Å². The summed E-state index contributed by atoms with van der Waals surface area (Å²) in [6.45, 7) is 2.46. The van der Waals surface area contributed by atoms with E-state index in [0.717, 1.165) is 16.2 Å². The van der Waals surface area contributed by atoms with Gasteiger partial charge in [0.25, 0.3) is 0 Å². The zero-order valence-corrected chi connectivity index (χ0v) is 14.9. The van der Waals surface area contributed by atoms with Crippen LogP contribution in [0, 0.1) is 6.92 Å². The number of benzene rings is 2. The van der Waals surface area contributed by atoms with Crippen molar-refractivity contribution in [3.63, 3.8) is 0 Å². The summed E-state index contributed by atoms with van der Waals surface area (Å²) in [6.07, 6.45) is 1.69. The molecule has 2 amide bonds. The Morgan fingerprint density at radius 1 is 1.24 bits per heavy atom. The van der Waals surface area contributed by atoms with Crippen LogP contribution in [0.15, 0.2) is 53.6 Å². The first-order valence-corrected chi connectivity index (χ1v) is 8.67. The van der Waals surface area contributed by atoms with Gasteiger partial charge in [-0.1, -0.05) is 30.3 Å². The van der Waals surface area contributed by atoms with E-state index in [2.05, 4.69) is 34.9 Å². The van der Waals surface area contributed by atoms with Crippen LogP contribution in [0.3, 0.4) is 0 Å². The molecular weight excluding hydrogens is 334 g/mol. The number of nitrogens with zero attached hydrogens (tertiary/aromatic N) is 1. The molecule has 0 spiro atoms. The first kappa shape index (κ1) is 17.0. The molecular formula is C19H19N3O2S. The number of carbonyl (C=O) groups excluding carboxylic acids is 1. The molecule has 128 valence electrons. The van der Waals surface area contributed by atoms with Crippen molar-refractivity contribution in [1.82, 2.24) is 10.7 Å². The number of thiophene rings is 1. The van der Waals surface area contributed by atoms with E-state index in [1.807, 2.05) is 36.4 Å². The number of nitrogens with one attached hydrogen (secondary N) is 2. The maximum Gasteiger partial charge on any atom is 0.335 e. The predicted octanol–water partition coefficient (Wildman–Crippen LogP) is 4.05. The lowest BCUT2D eigenvalue weighted by Crippen LogP contribution is -2.31. The Kier molecular flexibility index (Phi) is 5.30. The number of amides is 2. The van der Waals surface area contributed by atoms with Gasteiger partial charge in [-0.25, -0.2) is 10.2 Å². The lowest BCUT2D eigenvalue weighted by atomic mass is 10.1. The summed E-state index contributed by atoms with van der Waals surface area (Å²) >= 11 is 1.65. The summed E-state index contributed by atoms with van der Waals surface area (Å²) in [6, 6.07) is 15.4. The van der Waals surface area contributed by atoms with Gasteiger partial charge in [-0.3, -0.25) is 0 Å². The van der Waals surface area contributed by atoms with Crippen LogP contribution < -0.4 is 15.5 Å². The number of fused-ring (bicyclic) bond motifs is 1. The summed E-state index contributed by atoms with van der Waals surface area (Å²) < 4.78 is 6.37. The Hall–Kier alpha value is -2.86. The van der Waals surface area contributed by atoms with Crippen LogP contribution in [0.4, 0.5) is 4.79 Å². The van der Waals surface area contributed by atoms with Crippen molar-refractivity contribution in [2.75, 3.05) is 7.11 Å². The van der Waals surface area contributed by atoms with E-state index in [0.29, 0.717) is 6.54 Å². The molecule has 0 aliphatic carbocycles. The molecule has 3 rings (SSSR count). The van der Waals surface area contributed by atoms with Gasteiger partial charge in [0.05, 0.1) is 18.2 Å². The summed E-state index contributed by atoms with van der Waals surface area (Å²) in [5.41, 5.74) is 4.62. The zero-order valence-electron chi connectivity index (χ0n) is 14.1. The SMILES string of the molecule is COc1cccc(CNC(=O)N/N=C/c2sc3ccccc3c2C)c1. The second-order valence-electron chi connectivity index (χ2n) is 5.49. The minimum absolute atomic E-state index is 0.349. The molecule has 2 N–H and O–H groups in total. The fourth-order valence-corrected chi connectivity index (χ4v) is 3.55. The number of hydrogen-bond donors (Lipinski definition) is 2. The number of ether oxygens (including phenoxy) is 1. The normalized spacial score (nSPS) is 11.0. The van der Waals surface area contributed by atoms with Gasteiger partial charge < -0.3 is 10.1 Å². The molecule has 0 radical (unpaired) electrons. The van der Waals surface area contributed by atoms with Crippen molar-refractivity contribution in [2.45, 2.75) is 13.5 Å². The minimum Gasteiger partial charge on any atom is -0.497 e. The molecule has 0 atom stereocenters. The molecule has 0 aliphatic heterocycles. The van der Waals surface area contributed by atoms with Crippen LogP contribution in [0.25, 0.3) is 10.1 Å². The fraction of sp³-hybridized carbons (Fsp3) is 0.158. The van der Waals surface area contributed by atoms with Gasteiger partial charge in [-0.05, 0) is 41.6 Å². The van der Waals surface area contributed by atoms with Crippen molar-refractivity contribution in [1.29, 1.82) is 0 Å². The van der Waals surface area contributed by atoms with E-state index < -0.39 is 0 Å². The third kappa shape index (κ3) is 4.16. The van der Waals surface area contributed by atoms with Gasteiger partial charge in [0.2, 0.25) is 0 Å². The smallest absolute Gasteiger partial charge is 0.335 e. The molecule has 1 aromatic heterocycles. The number of carbonyl (C=O) groups is 1. The van der Waals surface area contributed by atoms with Crippen molar-refractivity contribution in [3.05, 3.63) is 64.5 Å². The van der Waals surface area contributed by atoms with E-state index in [4.69, 9.17) is 4.74 Å². The largest absolute Gasteiger partial charge is 0.497 e. The second kappa shape index (κ2) is 7.81. The van der Waals surface area contributed by atoms with Gasteiger partial charge >= 0.3 is 6.03 Å². The van der Waals surface area contributed by atoms with Gasteiger partial charge in [0.1, 0.15) is 5.75 Å². The summed E-state index contributed by atoms with van der Waals surface area (Å²) in [5, 5.41) is 8.02. The van der Waals surface area contributed by atoms with Gasteiger partial charge in [-0.15, -0.1) is 11.3 Å². The third-order valence-corrected chi connectivity index (χ3v) is 5.02. The average molecular weight is 353 g/mol. The quantitative estimate of drug-likeness (QED) is 0.537. The number of urea groups is 1. The number of hydrogen-bond acceptors (Lipinski definition) is 4. The molecule has 0 unspecified atom stereocenters.